The maximum Gasteiger partial charge on any atom is 0.167 e. The van der Waals surface area contributed by atoms with Gasteiger partial charge in [-0.2, -0.15) is 0 Å². The highest BCUT2D eigenvalue weighted by atomic mass is 32.2. The molecule has 0 radical (unpaired) electrons. The van der Waals surface area contributed by atoms with Gasteiger partial charge in [0, 0.05) is 50.2 Å². The molecular formula is C18H28FNO4S. The van der Waals surface area contributed by atoms with E-state index >= 15 is 0 Å². The van der Waals surface area contributed by atoms with Crippen LogP contribution in [0.5, 0.6) is 5.75 Å². The average Bonchev–Trinajstić information content (AvgIpc) is 2.58. The minimum absolute atomic E-state index is 0.0130. The smallest absolute Gasteiger partial charge is 0.167 e. The Morgan fingerprint density at radius 2 is 1.84 bits per heavy atom. The first-order chi connectivity index (χ1) is 12.0. The van der Waals surface area contributed by atoms with E-state index in [9.17, 15) is 9.18 Å². The van der Waals surface area contributed by atoms with Gasteiger partial charge in [-0.1, -0.05) is 25.8 Å². The number of hydrogen-bond acceptors (Lipinski definition) is 6. The van der Waals surface area contributed by atoms with E-state index < -0.39 is 0 Å². The van der Waals surface area contributed by atoms with Gasteiger partial charge in [-0.3, -0.25) is 4.79 Å². The van der Waals surface area contributed by atoms with E-state index in [-0.39, 0.29) is 29.9 Å². The van der Waals surface area contributed by atoms with Crippen LogP contribution in [-0.2, 0) is 14.3 Å². The lowest BCUT2D eigenvalue weighted by atomic mass is 10.1. The van der Waals surface area contributed by atoms with Gasteiger partial charge in [0.25, 0.3) is 0 Å². The summed E-state index contributed by atoms with van der Waals surface area (Å²) in [4.78, 5) is 11.3. The number of Topliss-reactive ketones (excluding diaryl/α,β-unsaturated/α-hetero) is 1. The van der Waals surface area contributed by atoms with Crippen molar-refractivity contribution in [3.05, 3.63) is 24.0 Å². The third-order valence-corrected chi connectivity index (χ3v) is 3.75. The predicted octanol–water partition coefficient (Wildman–Crippen LogP) is 3.93. The first-order valence-electron chi connectivity index (χ1n) is 8.44. The molecular weight excluding hydrogens is 345 g/mol. The van der Waals surface area contributed by atoms with Crippen molar-refractivity contribution in [3.63, 3.8) is 0 Å². The molecule has 1 aromatic carbocycles. The number of carbonyl (C=O) groups is 1. The van der Waals surface area contributed by atoms with Crippen LogP contribution in [0.4, 0.5) is 10.1 Å². The Labute approximate surface area is 153 Å². The van der Waals surface area contributed by atoms with Crippen molar-refractivity contribution in [1.29, 1.82) is 0 Å². The number of ether oxygens (including phenoxy) is 3. The Kier molecular flexibility index (Phi) is 11.3. The summed E-state index contributed by atoms with van der Waals surface area (Å²) in [5, 5.41) is 0. The van der Waals surface area contributed by atoms with E-state index in [1.807, 2.05) is 20.1 Å². The fraction of sp³-hybridized carbons (Fsp3) is 0.611. The topological polar surface area (TPSA) is 56.8 Å². The van der Waals surface area contributed by atoms with Gasteiger partial charge in [0.05, 0.1) is 6.61 Å². The highest BCUT2D eigenvalue weighted by Crippen LogP contribution is 2.22. The summed E-state index contributed by atoms with van der Waals surface area (Å²) in [5.74, 6) is -0.00965. The molecule has 7 heteroatoms. The van der Waals surface area contributed by atoms with Crippen molar-refractivity contribution in [2.75, 3.05) is 44.0 Å². The van der Waals surface area contributed by atoms with Crippen molar-refractivity contribution in [1.82, 2.24) is 0 Å². The molecule has 1 rings (SSSR count). The second kappa shape index (κ2) is 13.0. The molecule has 25 heavy (non-hydrogen) atoms. The normalized spacial score (nSPS) is 10.9. The Balaban J connectivity index is 2.01. The van der Waals surface area contributed by atoms with Gasteiger partial charge in [0.2, 0.25) is 0 Å². The van der Waals surface area contributed by atoms with Crippen molar-refractivity contribution >= 4 is 23.4 Å². The third-order valence-electron chi connectivity index (χ3n) is 3.31. The van der Waals surface area contributed by atoms with E-state index in [1.54, 1.807) is 12.1 Å². The highest BCUT2D eigenvalue weighted by molar-refractivity contribution is 7.99. The van der Waals surface area contributed by atoms with Crippen LogP contribution in [0.1, 0.15) is 26.7 Å². The van der Waals surface area contributed by atoms with Gasteiger partial charge < -0.3 is 18.9 Å². The molecule has 0 spiro atoms. The van der Waals surface area contributed by atoms with Gasteiger partial charge in [0.15, 0.2) is 17.3 Å². The van der Waals surface area contributed by atoms with E-state index in [0.29, 0.717) is 38.5 Å². The maximum absolute atomic E-state index is 13.8. The summed E-state index contributed by atoms with van der Waals surface area (Å²) < 4.78 is 32.9. The molecule has 142 valence electrons. The number of nitrogens with one attached hydrogen (secondary N) is 1. The van der Waals surface area contributed by atoms with E-state index in [2.05, 4.69) is 4.72 Å². The van der Waals surface area contributed by atoms with Crippen LogP contribution in [0.3, 0.4) is 0 Å². The van der Waals surface area contributed by atoms with Gasteiger partial charge in [0.1, 0.15) is 6.61 Å². The Morgan fingerprint density at radius 1 is 1.16 bits per heavy atom. The summed E-state index contributed by atoms with van der Waals surface area (Å²) in [6, 6.07) is 4.80. The van der Waals surface area contributed by atoms with Crippen LogP contribution >= 0.6 is 11.9 Å². The fourth-order valence-electron chi connectivity index (χ4n) is 1.85. The molecule has 0 amide bonds. The first kappa shape index (κ1) is 21.7. The number of carbonyl (C=O) groups excluding carboxylic acids is 1. The predicted molar refractivity (Wildman–Crippen MR) is 99.7 cm³/mol. The summed E-state index contributed by atoms with van der Waals surface area (Å²) in [7, 11) is 0. The molecule has 1 N–H and O–H groups in total. The summed E-state index contributed by atoms with van der Waals surface area (Å²) in [6.45, 7) is 5.90. The summed E-state index contributed by atoms with van der Waals surface area (Å²) in [5.41, 5.74) is 0.706. The Hall–Kier alpha value is -1.31. The number of ketones is 1. The monoisotopic (exact) mass is 373 g/mol. The Morgan fingerprint density at radius 3 is 2.48 bits per heavy atom. The molecule has 0 heterocycles. The molecule has 0 fully saturated rings. The first-order valence-corrected chi connectivity index (χ1v) is 9.66. The van der Waals surface area contributed by atoms with Gasteiger partial charge in [-0.05, 0) is 18.6 Å². The zero-order valence-corrected chi connectivity index (χ0v) is 16.0. The van der Waals surface area contributed by atoms with Crippen LogP contribution in [0.15, 0.2) is 18.2 Å². The number of rotatable bonds is 14. The third kappa shape index (κ3) is 9.67. The summed E-state index contributed by atoms with van der Waals surface area (Å²) in [6.07, 6.45) is 3.29. The molecule has 0 atom stereocenters. The summed E-state index contributed by atoms with van der Waals surface area (Å²) >= 11 is 1.41. The van der Waals surface area contributed by atoms with Crippen LogP contribution in [0, 0.1) is 11.7 Å². The second-order valence-corrected chi connectivity index (χ2v) is 6.41. The highest BCUT2D eigenvalue weighted by Gasteiger charge is 2.06. The molecule has 0 saturated carbocycles. The molecule has 0 saturated heterocycles. The minimum atomic E-state index is -0.381. The zero-order chi connectivity index (χ0) is 18.5. The van der Waals surface area contributed by atoms with Crippen molar-refractivity contribution in [2.24, 2.45) is 5.92 Å². The van der Waals surface area contributed by atoms with E-state index in [4.69, 9.17) is 14.2 Å². The van der Waals surface area contributed by atoms with Gasteiger partial charge in [-0.15, -0.1) is 0 Å². The van der Waals surface area contributed by atoms with E-state index in [0.717, 1.165) is 6.42 Å². The number of hydrogen-bond donors (Lipinski definition) is 1. The van der Waals surface area contributed by atoms with E-state index in [1.165, 1.54) is 18.0 Å². The molecule has 1 aromatic rings. The second-order valence-electron chi connectivity index (χ2n) is 5.79. The minimum Gasteiger partial charge on any atom is -0.490 e. The maximum atomic E-state index is 13.8. The quantitative estimate of drug-likeness (QED) is 0.394. The van der Waals surface area contributed by atoms with Crippen LogP contribution in [0.2, 0.25) is 0 Å². The van der Waals surface area contributed by atoms with Gasteiger partial charge >= 0.3 is 0 Å². The Bertz CT molecular complexity index is 514. The lowest BCUT2D eigenvalue weighted by Crippen LogP contribution is -2.15. The SMILES string of the molecule is CSNc1ccc(OCCCOCCCOCC(=O)C(C)C)c(F)c1. The van der Waals surface area contributed by atoms with Crippen LogP contribution < -0.4 is 9.46 Å². The zero-order valence-electron chi connectivity index (χ0n) is 15.2. The molecule has 5 nitrogen and oxygen atoms in total. The fourth-order valence-corrected chi connectivity index (χ4v) is 2.21. The van der Waals surface area contributed by atoms with Crippen LogP contribution in [0.25, 0.3) is 0 Å². The average molecular weight is 373 g/mol. The van der Waals surface area contributed by atoms with Crippen molar-refractivity contribution < 1.29 is 23.4 Å². The van der Waals surface area contributed by atoms with Crippen molar-refractivity contribution in [3.8, 4) is 5.75 Å². The largest absolute Gasteiger partial charge is 0.490 e. The molecule has 0 aromatic heterocycles. The standard InChI is InChI=1S/C18H28FNO4S/c1-14(2)17(21)13-23-10-4-8-22-9-5-11-24-18-7-6-15(20-25-3)12-16(18)19/h6-7,12,14,20H,4-5,8-11,13H2,1-3H3. The number of benzene rings is 1. The van der Waals surface area contributed by atoms with Crippen molar-refractivity contribution in [2.45, 2.75) is 26.7 Å². The molecule has 0 aliphatic rings. The molecule has 0 bridgehead atoms. The van der Waals surface area contributed by atoms with Crippen LogP contribution in [-0.4, -0.2) is 45.1 Å². The van der Waals surface area contributed by atoms with Gasteiger partial charge in [-0.25, -0.2) is 4.39 Å². The molecule has 0 unspecified atom stereocenters. The number of anilines is 1. The lowest BCUT2D eigenvalue weighted by Gasteiger charge is -2.09. The molecule has 0 aliphatic carbocycles. The lowest BCUT2D eigenvalue weighted by molar-refractivity contribution is -0.126. The molecule has 0 aliphatic heterocycles. The number of halogens is 1.